The third-order valence-electron chi connectivity index (χ3n) is 4.03. The quantitative estimate of drug-likeness (QED) is 0.746. The van der Waals surface area contributed by atoms with Crippen LogP contribution in [0.4, 0.5) is 11.5 Å². The minimum Gasteiger partial charge on any atom is -0.339 e. The highest BCUT2D eigenvalue weighted by Gasteiger charge is 2.30. The molecule has 0 saturated heterocycles. The van der Waals surface area contributed by atoms with Gasteiger partial charge in [-0.15, -0.1) is 0 Å². The van der Waals surface area contributed by atoms with Crippen LogP contribution in [0.25, 0.3) is 0 Å². The number of benzene rings is 1. The van der Waals surface area contributed by atoms with E-state index < -0.39 is 0 Å². The number of aromatic nitrogens is 3. The molecule has 2 amide bonds. The maximum atomic E-state index is 12.1. The third-order valence-corrected chi connectivity index (χ3v) is 4.03. The van der Waals surface area contributed by atoms with E-state index in [0.29, 0.717) is 11.7 Å². The highest BCUT2D eigenvalue weighted by Crippen LogP contribution is 2.35. The maximum absolute atomic E-state index is 12.1. The van der Waals surface area contributed by atoms with Gasteiger partial charge in [-0.05, 0) is 23.8 Å². The number of hydrogen-bond acceptors (Lipinski definition) is 6. The van der Waals surface area contributed by atoms with Gasteiger partial charge in [0, 0.05) is 18.3 Å². The summed E-state index contributed by atoms with van der Waals surface area (Å²) in [5.74, 6) is 0.322. The maximum Gasteiger partial charge on any atom is 0.234 e. The first kappa shape index (κ1) is 15.9. The normalized spacial score (nSPS) is 15.8. The monoisotopic (exact) mass is 349 g/mol. The molecule has 0 radical (unpaired) electrons. The van der Waals surface area contributed by atoms with Crippen molar-refractivity contribution in [2.24, 2.45) is 0 Å². The van der Waals surface area contributed by atoms with Crippen LogP contribution in [0.15, 0.2) is 53.2 Å². The van der Waals surface area contributed by atoms with Gasteiger partial charge in [-0.2, -0.15) is 4.98 Å². The van der Waals surface area contributed by atoms with Crippen LogP contribution in [-0.4, -0.2) is 26.9 Å². The fourth-order valence-corrected chi connectivity index (χ4v) is 2.88. The van der Waals surface area contributed by atoms with E-state index in [1.165, 1.54) is 0 Å². The number of carbonyl (C=O) groups excluding carboxylic acids is 2. The Morgan fingerprint density at radius 1 is 1.23 bits per heavy atom. The average Bonchev–Trinajstić information content (AvgIpc) is 3.10. The van der Waals surface area contributed by atoms with E-state index in [9.17, 15) is 9.59 Å². The van der Waals surface area contributed by atoms with E-state index in [-0.39, 0.29) is 36.4 Å². The molecule has 26 heavy (non-hydrogen) atoms. The lowest BCUT2D eigenvalue weighted by Crippen LogP contribution is -2.23. The number of fused-ring (bicyclic) bond motifs is 1. The number of para-hydroxylation sites is 1. The molecule has 4 rings (SSSR count). The minimum atomic E-state index is -0.319. The first-order valence-corrected chi connectivity index (χ1v) is 8.11. The van der Waals surface area contributed by atoms with Crippen molar-refractivity contribution in [3.8, 4) is 0 Å². The lowest BCUT2D eigenvalue weighted by Gasteiger charge is -2.22. The van der Waals surface area contributed by atoms with Crippen LogP contribution in [0, 0.1) is 0 Å². The van der Waals surface area contributed by atoms with Gasteiger partial charge >= 0.3 is 0 Å². The van der Waals surface area contributed by atoms with Crippen molar-refractivity contribution in [3.05, 3.63) is 65.9 Å². The minimum absolute atomic E-state index is 0.0410. The van der Waals surface area contributed by atoms with Gasteiger partial charge in [0.1, 0.15) is 5.82 Å². The molecule has 3 heterocycles. The van der Waals surface area contributed by atoms with Crippen molar-refractivity contribution in [1.82, 2.24) is 15.1 Å². The van der Waals surface area contributed by atoms with Crippen LogP contribution in [0.5, 0.6) is 0 Å². The van der Waals surface area contributed by atoms with Crippen LogP contribution < -0.4 is 10.6 Å². The van der Waals surface area contributed by atoms with Crippen molar-refractivity contribution >= 4 is 23.3 Å². The summed E-state index contributed by atoms with van der Waals surface area (Å²) in [4.78, 5) is 32.3. The number of anilines is 2. The lowest BCUT2D eigenvalue weighted by atomic mass is 9.90. The summed E-state index contributed by atoms with van der Waals surface area (Å²) in [5, 5.41) is 9.36. The zero-order valence-corrected chi connectivity index (χ0v) is 13.7. The number of amides is 2. The molecule has 8 nitrogen and oxygen atoms in total. The molecule has 2 N–H and O–H groups in total. The number of pyridine rings is 1. The van der Waals surface area contributed by atoms with Crippen molar-refractivity contribution in [2.75, 3.05) is 10.6 Å². The molecule has 1 aliphatic rings. The molecule has 1 aromatic carbocycles. The molecular formula is C18H15N5O3. The summed E-state index contributed by atoms with van der Waals surface area (Å²) < 4.78 is 5.32. The van der Waals surface area contributed by atoms with Gasteiger partial charge < -0.3 is 15.2 Å². The Bertz CT molecular complexity index is 954. The summed E-state index contributed by atoms with van der Waals surface area (Å²) in [6, 6.07) is 12.7. The Hall–Kier alpha value is -3.55. The molecule has 1 atom stereocenters. The predicted octanol–water partition coefficient (Wildman–Crippen LogP) is 2.12. The standard InChI is InChI=1S/C18H15N5O3/c24-16-9-12(11-5-1-2-6-13(11)20-16)18-22-15(23-26-18)10-17(25)21-14-7-3-4-8-19-14/h1-8,12H,9-10H2,(H,20,24)(H,19,21,25). The van der Waals surface area contributed by atoms with Gasteiger partial charge in [0.25, 0.3) is 0 Å². The molecule has 130 valence electrons. The molecule has 0 bridgehead atoms. The highest BCUT2D eigenvalue weighted by atomic mass is 16.5. The molecule has 1 aliphatic heterocycles. The number of carbonyl (C=O) groups is 2. The molecule has 0 aliphatic carbocycles. The van der Waals surface area contributed by atoms with E-state index in [0.717, 1.165) is 11.3 Å². The van der Waals surface area contributed by atoms with Gasteiger partial charge in [0.15, 0.2) is 5.82 Å². The third kappa shape index (κ3) is 3.30. The van der Waals surface area contributed by atoms with E-state index in [1.54, 1.807) is 24.4 Å². The Balaban J connectivity index is 1.50. The highest BCUT2D eigenvalue weighted by molar-refractivity contribution is 5.95. The van der Waals surface area contributed by atoms with Gasteiger partial charge in [-0.1, -0.05) is 29.4 Å². The Kier molecular flexibility index (Phi) is 4.14. The van der Waals surface area contributed by atoms with Crippen molar-refractivity contribution in [3.63, 3.8) is 0 Å². The van der Waals surface area contributed by atoms with Crippen LogP contribution in [-0.2, 0) is 16.0 Å². The van der Waals surface area contributed by atoms with E-state index in [1.807, 2.05) is 24.3 Å². The van der Waals surface area contributed by atoms with Crippen LogP contribution in [0.1, 0.15) is 29.6 Å². The number of nitrogens with one attached hydrogen (secondary N) is 2. The fourth-order valence-electron chi connectivity index (χ4n) is 2.88. The zero-order valence-electron chi connectivity index (χ0n) is 13.7. The molecule has 8 heteroatoms. The van der Waals surface area contributed by atoms with Gasteiger partial charge in [-0.3, -0.25) is 9.59 Å². The van der Waals surface area contributed by atoms with Crippen LogP contribution in [0.3, 0.4) is 0 Å². The first-order chi connectivity index (χ1) is 12.7. The predicted molar refractivity (Wildman–Crippen MR) is 92.4 cm³/mol. The molecule has 1 unspecified atom stereocenters. The SMILES string of the molecule is O=C(Cc1noc(C2CC(=O)Nc3ccccc32)n1)Nc1ccccn1. The summed E-state index contributed by atoms with van der Waals surface area (Å²) in [6.07, 6.45) is 1.77. The lowest BCUT2D eigenvalue weighted by molar-refractivity contribution is -0.117. The summed E-state index contributed by atoms with van der Waals surface area (Å²) in [7, 11) is 0. The van der Waals surface area contributed by atoms with Crippen molar-refractivity contribution in [2.45, 2.75) is 18.8 Å². The number of nitrogens with zero attached hydrogens (tertiary/aromatic N) is 3. The summed E-state index contributed by atoms with van der Waals surface area (Å²) in [5.41, 5.74) is 1.65. The summed E-state index contributed by atoms with van der Waals surface area (Å²) in [6.45, 7) is 0. The molecule has 0 saturated carbocycles. The van der Waals surface area contributed by atoms with Gasteiger partial charge in [-0.25, -0.2) is 4.98 Å². The second-order valence-corrected chi connectivity index (χ2v) is 5.88. The second-order valence-electron chi connectivity index (χ2n) is 5.88. The average molecular weight is 349 g/mol. The van der Waals surface area contributed by atoms with Crippen molar-refractivity contribution in [1.29, 1.82) is 0 Å². The van der Waals surface area contributed by atoms with Crippen molar-refractivity contribution < 1.29 is 14.1 Å². The van der Waals surface area contributed by atoms with E-state index in [2.05, 4.69) is 25.8 Å². The van der Waals surface area contributed by atoms with Gasteiger partial charge in [0.05, 0.1) is 12.3 Å². The Labute approximate surface area is 148 Å². The first-order valence-electron chi connectivity index (χ1n) is 8.11. The smallest absolute Gasteiger partial charge is 0.234 e. The second kappa shape index (κ2) is 6.75. The molecule has 3 aromatic rings. The zero-order chi connectivity index (χ0) is 17.9. The molecule has 2 aromatic heterocycles. The molecule has 0 fully saturated rings. The number of rotatable bonds is 4. The molecule has 0 spiro atoms. The largest absolute Gasteiger partial charge is 0.339 e. The van der Waals surface area contributed by atoms with Crippen LogP contribution in [0.2, 0.25) is 0 Å². The Morgan fingerprint density at radius 3 is 2.92 bits per heavy atom. The summed E-state index contributed by atoms with van der Waals surface area (Å²) >= 11 is 0. The molecular weight excluding hydrogens is 334 g/mol. The Morgan fingerprint density at radius 2 is 2.08 bits per heavy atom. The van der Waals surface area contributed by atoms with Gasteiger partial charge in [0.2, 0.25) is 17.7 Å². The topological polar surface area (TPSA) is 110 Å². The number of hydrogen-bond donors (Lipinski definition) is 2. The van der Waals surface area contributed by atoms with E-state index in [4.69, 9.17) is 4.52 Å². The fraction of sp³-hybridized carbons (Fsp3) is 0.167. The van der Waals surface area contributed by atoms with E-state index >= 15 is 0 Å². The van der Waals surface area contributed by atoms with Crippen LogP contribution >= 0.6 is 0 Å².